The lowest BCUT2D eigenvalue weighted by atomic mass is 10.0. The quantitative estimate of drug-likeness (QED) is 0.752. The zero-order valence-electron chi connectivity index (χ0n) is 15.6. The molecule has 0 spiro atoms. The van der Waals surface area contributed by atoms with E-state index in [1.807, 2.05) is 44.2 Å². The molecule has 140 valence electrons. The summed E-state index contributed by atoms with van der Waals surface area (Å²) in [7, 11) is 0. The molecule has 1 N–H and O–H groups in total. The Balaban J connectivity index is 1.54. The van der Waals surface area contributed by atoms with Crippen molar-refractivity contribution in [3.63, 3.8) is 0 Å². The zero-order chi connectivity index (χ0) is 18.8. The lowest BCUT2D eigenvalue weighted by molar-refractivity contribution is -0.129. The van der Waals surface area contributed by atoms with Crippen LogP contribution in [0.4, 0.5) is 0 Å². The minimum absolute atomic E-state index is 0.0631. The zero-order valence-corrected chi connectivity index (χ0v) is 15.6. The highest BCUT2D eigenvalue weighted by Gasteiger charge is 2.31. The van der Waals surface area contributed by atoms with Crippen LogP contribution < -0.4 is 5.32 Å². The molecule has 1 saturated heterocycles. The predicted octanol–water partition coefficient (Wildman–Crippen LogP) is 3.09. The van der Waals surface area contributed by atoms with Gasteiger partial charge in [-0.15, -0.1) is 0 Å². The molecule has 4 rings (SSSR count). The number of carbonyl (C=O) groups is 1. The van der Waals surface area contributed by atoms with Crippen LogP contribution >= 0.6 is 0 Å². The van der Waals surface area contributed by atoms with E-state index in [1.54, 1.807) is 0 Å². The first-order chi connectivity index (χ1) is 13.1. The van der Waals surface area contributed by atoms with Crippen LogP contribution in [0.2, 0.25) is 0 Å². The lowest BCUT2D eigenvalue weighted by Gasteiger charge is -2.34. The Morgan fingerprint density at radius 1 is 1.15 bits per heavy atom. The van der Waals surface area contributed by atoms with Crippen molar-refractivity contribution in [3.8, 4) is 11.7 Å². The number of nitrogens with one attached hydrogen (secondary N) is 1. The molecule has 3 aromatic rings. The Hall–Kier alpha value is -2.86. The second-order valence-electron chi connectivity index (χ2n) is 6.90. The summed E-state index contributed by atoms with van der Waals surface area (Å²) in [6.07, 6.45) is 0.674. The third-order valence-corrected chi connectivity index (χ3v) is 4.91. The molecular weight excluding hydrogens is 342 g/mol. The Morgan fingerprint density at radius 3 is 2.70 bits per heavy atom. The number of rotatable bonds is 5. The van der Waals surface area contributed by atoms with Crippen molar-refractivity contribution in [2.45, 2.75) is 32.9 Å². The number of piperazine rings is 1. The molecule has 1 fully saturated rings. The van der Waals surface area contributed by atoms with E-state index in [4.69, 9.17) is 8.83 Å². The molecule has 1 amide bonds. The van der Waals surface area contributed by atoms with Crippen molar-refractivity contribution in [2.75, 3.05) is 13.1 Å². The van der Waals surface area contributed by atoms with Gasteiger partial charge in [0.15, 0.2) is 5.76 Å². The second kappa shape index (κ2) is 7.40. The van der Waals surface area contributed by atoms with E-state index >= 15 is 0 Å². The first kappa shape index (κ1) is 17.5. The third-order valence-electron chi connectivity index (χ3n) is 4.91. The van der Waals surface area contributed by atoms with E-state index in [2.05, 4.69) is 27.3 Å². The van der Waals surface area contributed by atoms with Crippen LogP contribution in [-0.4, -0.2) is 34.9 Å². The van der Waals surface area contributed by atoms with E-state index in [-0.39, 0.29) is 11.9 Å². The van der Waals surface area contributed by atoms with Crippen LogP contribution in [0.1, 0.15) is 22.8 Å². The molecule has 1 aliphatic heterocycles. The summed E-state index contributed by atoms with van der Waals surface area (Å²) >= 11 is 0. The summed E-state index contributed by atoms with van der Waals surface area (Å²) in [5.41, 5.74) is 1.99. The van der Waals surface area contributed by atoms with Crippen molar-refractivity contribution in [1.82, 2.24) is 15.2 Å². The summed E-state index contributed by atoms with van der Waals surface area (Å²) in [4.78, 5) is 19.3. The molecule has 0 saturated carbocycles. The second-order valence-corrected chi connectivity index (χ2v) is 6.90. The molecule has 1 unspecified atom stereocenters. The number of nitrogens with zero attached hydrogens (tertiary/aromatic N) is 2. The highest BCUT2D eigenvalue weighted by molar-refractivity contribution is 5.82. The number of hydrogen-bond donors (Lipinski definition) is 1. The van der Waals surface area contributed by atoms with Crippen molar-refractivity contribution < 1.29 is 13.6 Å². The molecule has 27 heavy (non-hydrogen) atoms. The fourth-order valence-electron chi connectivity index (χ4n) is 3.43. The molecule has 2 aromatic heterocycles. The Labute approximate surface area is 158 Å². The molecule has 0 radical (unpaired) electrons. The van der Waals surface area contributed by atoms with Gasteiger partial charge in [0.1, 0.15) is 11.5 Å². The summed E-state index contributed by atoms with van der Waals surface area (Å²) in [6, 6.07) is 13.6. The van der Waals surface area contributed by atoms with Gasteiger partial charge >= 0.3 is 0 Å². The van der Waals surface area contributed by atoms with E-state index in [0.29, 0.717) is 31.2 Å². The molecular formula is C21H23N3O3. The lowest BCUT2D eigenvalue weighted by Crippen LogP contribution is -2.55. The van der Waals surface area contributed by atoms with E-state index in [9.17, 15) is 4.79 Å². The standard InChI is InChI=1S/C21H23N3O3/c1-14-8-9-19(26-14)21-23-17(15(2)27-21)13-24-11-10-22-20(25)18(24)12-16-6-4-3-5-7-16/h3-9,18H,10-13H2,1-2H3,(H,22,25). The van der Waals surface area contributed by atoms with Gasteiger partial charge in [0.05, 0.1) is 11.7 Å². The number of aromatic nitrogens is 1. The Morgan fingerprint density at radius 2 is 1.96 bits per heavy atom. The first-order valence-corrected chi connectivity index (χ1v) is 9.19. The van der Waals surface area contributed by atoms with Crippen LogP contribution in [-0.2, 0) is 17.8 Å². The van der Waals surface area contributed by atoms with Gasteiger partial charge in [-0.05, 0) is 38.0 Å². The number of carbonyl (C=O) groups excluding carboxylic acids is 1. The molecule has 6 nitrogen and oxygen atoms in total. The summed E-state index contributed by atoms with van der Waals surface area (Å²) in [5.74, 6) is 2.74. The normalized spacial score (nSPS) is 17.9. The Bertz CT molecular complexity index is 929. The number of furan rings is 1. The average molecular weight is 365 g/mol. The fraction of sp³-hybridized carbons (Fsp3) is 0.333. The SMILES string of the molecule is Cc1ccc(-c2nc(CN3CCNC(=O)C3Cc3ccccc3)c(C)o2)o1. The van der Waals surface area contributed by atoms with Gasteiger partial charge in [-0.2, -0.15) is 0 Å². The smallest absolute Gasteiger partial charge is 0.263 e. The maximum atomic E-state index is 12.5. The maximum Gasteiger partial charge on any atom is 0.263 e. The number of benzene rings is 1. The average Bonchev–Trinajstić information content (AvgIpc) is 3.25. The van der Waals surface area contributed by atoms with Crippen LogP contribution in [0.15, 0.2) is 51.3 Å². The molecule has 1 atom stereocenters. The minimum Gasteiger partial charge on any atom is -0.456 e. The monoisotopic (exact) mass is 365 g/mol. The van der Waals surface area contributed by atoms with Gasteiger partial charge in [-0.25, -0.2) is 4.98 Å². The highest BCUT2D eigenvalue weighted by Crippen LogP contribution is 2.25. The minimum atomic E-state index is -0.216. The van der Waals surface area contributed by atoms with E-state index in [1.165, 1.54) is 0 Å². The van der Waals surface area contributed by atoms with Crippen molar-refractivity contribution >= 4 is 5.91 Å². The molecule has 6 heteroatoms. The van der Waals surface area contributed by atoms with Crippen molar-refractivity contribution in [1.29, 1.82) is 0 Å². The van der Waals surface area contributed by atoms with Crippen molar-refractivity contribution in [2.24, 2.45) is 0 Å². The molecule has 0 bridgehead atoms. The Kier molecular flexibility index (Phi) is 4.81. The number of hydrogen-bond acceptors (Lipinski definition) is 5. The third kappa shape index (κ3) is 3.80. The number of oxazole rings is 1. The predicted molar refractivity (Wildman–Crippen MR) is 101 cm³/mol. The van der Waals surface area contributed by atoms with E-state index in [0.717, 1.165) is 29.3 Å². The number of aryl methyl sites for hydroxylation is 2. The molecule has 1 aromatic carbocycles. The highest BCUT2D eigenvalue weighted by atomic mass is 16.4. The fourth-order valence-corrected chi connectivity index (χ4v) is 3.43. The van der Waals surface area contributed by atoms with Gasteiger partial charge in [-0.1, -0.05) is 30.3 Å². The van der Waals surface area contributed by atoms with Gasteiger partial charge in [0.25, 0.3) is 5.89 Å². The molecule has 1 aliphatic rings. The van der Waals surface area contributed by atoms with Gasteiger partial charge < -0.3 is 14.2 Å². The summed E-state index contributed by atoms with van der Waals surface area (Å²) < 4.78 is 11.4. The van der Waals surface area contributed by atoms with Crippen LogP contribution in [0.3, 0.4) is 0 Å². The van der Waals surface area contributed by atoms with Gasteiger partial charge in [0, 0.05) is 19.6 Å². The van der Waals surface area contributed by atoms with Crippen LogP contribution in [0.25, 0.3) is 11.7 Å². The molecule has 0 aliphatic carbocycles. The topological polar surface area (TPSA) is 71.5 Å². The number of amides is 1. The van der Waals surface area contributed by atoms with Gasteiger partial charge in [0.2, 0.25) is 5.91 Å². The maximum absolute atomic E-state index is 12.5. The van der Waals surface area contributed by atoms with E-state index < -0.39 is 0 Å². The van der Waals surface area contributed by atoms with Crippen LogP contribution in [0, 0.1) is 13.8 Å². The first-order valence-electron chi connectivity index (χ1n) is 9.19. The summed E-state index contributed by atoms with van der Waals surface area (Å²) in [6.45, 7) is 5.79. The van der Waals surface area contributed by atoms with Crippen LogP contribution in [0.5, 0.6) is 0 Å². The largest absolute Gasteiger partial charge is 0.456 e. The van der Waals surface area contributed by atoms with Gasteiger partial charge in [-0.3, -0.25) is 9.69 Å². The summed E-state index contributed by atoms with van der Waals surface area (Å²) in [5, 5.41) is 2.98. The molecule has 3 heterocycles. The van der Waals surface area contributed by atoms with Crippen molar-refractivity contribution in [3.05, 3.63) is 65.2 Å².